The molecule has 21 heavy (non-hydrogen) atoms. The third-order valence-corrected chi connectivity index (χ3v) is 3.20. The maximum atomic E-state index is 12.2. The number of nitrogen functional groups attached to an aromatic ring is 4. The van der Waals surface area contributed by atoms with Crippen LogP contribution in [0.15, 0.2) is 36.4 Å². The number of benzene rings is 2. The number of hydrogen-bond donors (Lipinski definition) is 4. The highest BCUT2D eigenvalue weighted by molar-refractivity contribution is 6.17. The van der Waals surface area contributed by atoms with Crippen LogP contribution < -0.4 is 22.9 Å². The predicted octanol–water partition coefficient (Wildman–Crippen LogP) is 1.47. The molecule has 0 aliphatic carbocycles. The minimum absolute atomic E-state index is 0.0487. The molecular weight excluding hydrogens is 268 g/mol. The van der Waals surface area contributed by atoms with Gasteiger partial charge in [-0.1, -0.05) is 30.3 Å². The summed E-state index contributed by atoms with van der Waals surface area (Å²) in [6.45, 7) is 0. The van der Waals surface area contributed by atoms with Crippen LogP contribution in [0.3, 0.4) is 0 Å². The van der Waals surface area contributed by atoms with E-state index in [1.54, 1.807) is 30.3 Å². The fraction of sp³-hybridized carbons (Fsp3) is 0.0667. The maximum Gasteiger partial charge on any atom is 0.172 e. The van der Waals surface area contributed by atoms with Crippen LogP contribution in [-0.4, -0.2) is 11.6 Å². The average Bonchev–Trinajstić information content (AvgIpc) is 2.49. The highest BCUT2D eigenvalue weighted by Crippen LogP contribution is 2.32. The summed E-state index contributed by atoms with van der Waals surface area (Å²) in [5, 5.41) is 0. The number of ketones is 2. The van der Waals surface area contributed by atoms with Gasteiger partial charge in [-0.15, -0.1) is 0 Å². The Balaban J connectivity index is 2.28. The van der Waals surface area contributed by atoms with Gasteiger partial charge in [-0.2, -0.15) is 0 Å². The predicted molar refractivity (Wildman–Crippen MR) is 83.8 cm³/mol. The molecular formula is C15H16N4O2. The molecule has 0 aliphatic rings. The summed E-state index contributed by atoms with van der Waals surface area (Å²) in [5.41, 5.74) is 23.8. The molecule has 0 saturated heterocycles. The highest BCUT2D eigenvalue weighted by Gasteiger charge is 2.19. The Labute approximate surface area is 121 Å². The second-order valence-electron chi connectivity index (χ2n) is 4.64. The second kappa shape index (κ2) is 5.54. The normalized spacial score (nSPS) is 10.3. The first-order valence-corrected chi connectivity index (χ1v) is 6.26. The molecule has 8 N–H and O–H groups in total. The lowest BCUT2D eigenvalue weighted by Gasteiger charge is -2.12. The van der Waals surface area contributed by atoms with Crippen LogP contribution in [0.1, 0.15) is 27.1 Å². The van der Waals surface area contributed by atoms with Crippen molar-refractivity contribution in [3.63, 3.8) is 0 Å². The summed E-state index contributed by atoms with van der Waals surface area (Å²) in [7, 11) is 0. The molecule has 2 rings (SSSR count). The van der Waals surface area contributed by atoms with Crippen molar-refractivity contribution in [3.8, 4) is 0 Å². The van der Waals surface area contributed by atoms with Gasteiger partial charge in [-0.25, -0.2) is 0 Å². The Morgan fingerprint density at radius 1 is 0.810 bits per heavy atom. The molecule has 2 aromatic carbocycles. The lowest BCUT2D eigenvalue weighted by Crippen LogP contribution is -2.14. The molecule has 0 bridgehead atoms. The topological polar surface area (TPSA) is 138 Å². The van der Waals surface area contributed by atoms with Crippen LogP contribution in [0, 0.1) is 0 Å². The van der Waals surface area contributed by atoms with E-state index in [4.69, 9.17) is 22.9 Å². The molecule has 2 aromatic rings. The number of rotatable bonds is 4. The molecule has 6 nitrogen and oxygen atoms in total. The summed E-state index contributed by atoms with van der Waals surface area (Å²) in [6, 6.07) is 9.88. The Morgan fingerprint density at radius 3 is 2.05 bits per heavy atom. The molecule has 0 unspecified atom stereocenters. The first-order valence-electron chi connectivity index (χ1n) is 6.26. The van der Waals surface area contributed by atoms with E-state index in [-0.39, 0.29) is 40.5 Å². The lowest BCUT2D eigenvalue weighted by molar-refractivity contribution is 0.0895. The van der Waals surface area contributed by atoms with Crippen molar-refractivity contribution in [1.82, 2.24) is 0 Å². The van der Waals surface area contributed by atoms with Gasteiger partial charge in [0, 0.05) is 11.1 Å². The number of hydrogen-bond acceptors (Lipinski definition) is 6. The van der Waals surface area contributed by atoms with E-state index < -0.39 is 5.78 Å². The standard InChI is InChI=1S/C15H16N4O2/c16-10-6-9(13(17)15(19)14(10)18)12(21)7-11(20)8-4-2-1-3-5-8/h1-6H,7,16-19H2. The molecule has 6 heteroatoms. The SMILES string of the molecule is Nc1cc(C(=O)CC(=O)c2ccccc2)c(N)c(N)c1N. The summed E-state index contributed by atoms with van der Waals surface area (Å²) in [5.74, 6) is -0.742. The Kier molecular flexibility index (Phi) is 3.80. The molecule has 108 valence electrons. The van der Waals surface area contributed by atoms with Gasteiger partial charge in [0.1, 0.15) is 0 Å². The fourth-order valence-corrected chi connectivity index (χ4v) is 1.95. The first-order chi connectivity index (χ1) is 9.91. The minimum Gasteiger partial charge on any atom is -0.397 e. The van der Waals surface area contributed by atoms with Gasteiger partial charge in [-0.05, 0) is 6.07 Å². The number of nitrogens with two attached hydrogens (primary N) is 4. The molecule has 0 aromatic heterocycles. The van der Waals surface area contributed by atoms with Gasteiger partial charge in [0.05, 0.1) is 29.2 Å². The van der Waals surface area contributed by atoms with Crippen LogP contribution >= 0.6 is 0 Å². The van der Waals surface area contributed by atoms with E-state index in [1.807, 2.05) is 0 Å². The number of carbonyl (C=O) groups excluding carboxylic acids is 2. The fourth-order valence-electron chi connectivity index (χ4n) is 1.95. The van der Waals surface area contributed by atoms with Gasteiger partial charge in [0.25, 0.3) is 0 Å². The molecule has 0 aliphatic heterocycles. The molecule has 0 atom stereocenters. The largest absolute Gasteiger partial charge is 0.397 e. The quantitative estimate of drug-likeness (QED) is 0.381. The van der Waals surface area contributed by atoms with Crippen molar-refractivity contribution in [1.29, 1.82) is 0 Å². The van der Waals surface area contributed by atoms with E-state index in [0.717, 1.165) is 0 Å². The summed E-state index contributed by atoms with van der Waals surface area (Å²) in [4.78, 5) is 24.2. The number of anilines is 4. The third-order valence-electron chi connectivity index (χ3n) is 3.20. The smallest absolute Gasteiger partial charge is 0.172 e. The molecule has 0 saturated carbocycles. The van der Waals surface area contributed by atoms with Crippen molar-refractivity contribution >= 4 is 34.3 Å². The van der Waals surface area contributed by atoms with E-state index in [1.165, 1.54) is 6.07 Å². The third kappa shape index (κ3) is 2.79. The second-order valence-corrected chi connectivity index (χ2v) is 4.64. The number of Topliss-reactive ketones (excluding diaryl/α,β-unsaturated/α-hetero) is 2. The van der Waals surface area contributed by atoms with Crippen LogP contribution in [0.2, 0.25) is 0 Å². The molecule has 0 fully saturated rings. The van der Waals surface area contributed by atoms with E-state index >= 15 is 0 Å². The molecule has 0 amide bonds. The Hall–Kier alpha value is -3.02. The Morgan fingerprint density at radius 2 is 1.43 bits per heavy atom. The van der Waals surface area contributed by atoms with Crippen LogP contribution in [0.25, 0.3) is 0 Å². The molecule has 0 spiro atoms. The highest BCUT2D eigenvalue weighted by atomic mass is 16.1. The van der Waals surface area contributed by atoms with Gasteiger partial charge < -0.3 is 22.9 Å². The molecule has 0 radical (unpaired) electrons. The van der Waals surface area contributed by atoms with E-state index in [9.17, 15) is 9.59 Å². The first kappa shape index (κ1) is 14.4. The van der Waals surface area contributed by atoms with Gasteiger partial charge >= 0.3 is 0 Å². The van der Waals surface area contributed by atoms with Crippen LogP contribution in [0.4, 0.5) is 22.7 Å². The van der Waals surface area contributed by atoms with Gasteiger partial charge in [0.2, 0.25) is 0 Å². The van der Waals surface area contributed by atoms with Crippen molar-refractivity contribution < 1.29 is 9.59 Å². The van der Waals surface area contributed by atoms with Gasteiger partial charge in [0.15, 0.2) is 11.6 Å². The maximum absolute atomic E-state index is 12.2. The monoisotopic (exact) mass is 284 g/mol. The Bertz CT molecular complexity index is 711. The summed E-state index contributed by atoms with van der Waals surface area (Å²) in [6.07, 6.45) is -0.309. The van der Waals surface area contributed by atoms with Crippen LogP contribution in [0.5, 0.6) is 0 Å². The van der Waals surface area contributed by atoms with Crippen molar-refractivity contribution in [2.24, 2.45) is 0 Å². The minimum atomic E-state index is -0.445. The van der Waals surface area contributed by atoms with Crippen molar-refractivity contribution in [2.75, 3.05) is 22.9 Å². The summed E-state index contributed by atoms with van der Waals surface area (Å²) < 4.78 is 0. The summed E-state index contributed by atoms with van der Waals surface area (Å²) >= 11 is 0. The average molecular weight is 284 g/mol. The zero-order valence-electron chi connectivity index (χ0n) is 11.3. The number of carbonyl (C=O) groups is 2. The van der Waals surface area contributed by atoms with Crippen LogP contribution in [-0.2, 0) is 0 Å². The lowest BCUT2D eigenvalue weighted by atomic mass is 9.98. The van der Waals surface area contributed by atoms with Crippen molar-refractivity contribution in [2.45, 2.75) is 6.42 Å². The zero-order valence-corrected chi connectivity index (χ0v) is 11.3. The zero-order chi connectivity index (χ0) is 15.6. The van der Waals surface area contributed by atoms with E-state index in [0.29, 0.717) is 5.56 Å². The van der Waals surface area contributed by atoms with Gasteiger partial charge in [-0.3, -0.25) is 9.59 Å². The molecule has 0 heterocycles. The van der Waals surface area contributed by atoms with Crippen molar-refractivity contribution in [3.05, 3.63) is 47.5 Å². The van der Waals surface area contributed by atoms with E-state index in [2.05, 4.69) is 0 Å².